The summed E-state index contributed by atoms with van der Waals surface area (Å²) >= 11 is 0. The van der Waals surface area contributed by atoms with E-state index >= 15 is 0 Å². The van der Waals surface area contributed by atoms with Crippen LogP contribution in [0.25, 0.3) is 0 Å². The zero-order chi connectivity index (χ0) is 18.3. The smallest absolute Gasteiger partial charge is 0.0916 e. The van der Waals surface area contributed by atoms with Crippen LogP contribution < -0.4 is 0 Å². The van der Waals surface area contributed by atoms with Crippen molar-refractivity contribution in [2.45, 2.75) is 110 Å². The molecule has 0 amide bonds. The maximum Gasteiger partial charge on any atom is 0.0916 e. The summed E-state index contributed by atoms with van der Waals surface area (Å²) in [5, 5.41) is 0. The quantitative estimate of drug-likeness (QED) is 0.213. The predicted molar refractivity (Wildman–Crippen MR) is 116 cm³/mol. The van der Waals surface area contributed by atoms with Crippen LogP contribution in [0, 0.1) is 0 Å². The molecule has 0 aromatic carbocycles. The lowest BCUT2D eigenvalue weighted by molar-refractivity contribution is -0.941. The molecule has 0 atom stereocenters. The molecule has 0 saturated carbocycles. The van der Waals surface area contributed by atoms with Crippen LogP contribution in [0.5, 0.6) is 0 Å². The molecule has 26 heavy (non-hydrogen) atoms. The molecule has 2 heteroatoms. The van der Waals surface area contributed by atoms with Gasteiger partial charge in [-0.05, 0) is 12.8 Å². The Kier molecular flexibility index (Phi) is 12.0. The Morgan fingerprint density at radius 3 is 1.23 bits per heavy atom. The zero-order valence-corrected chi connectivity index (χ0v) is 18.2. The Hall–Kier alpha value is -0.0800. The third-order valence-electron chi connectivity index (χ3n) is 7.16. The van der Waals surface area contributed by atoms with Gasteiger partial charge in [-0.25, -0.2) is 0 Å². The molecule has 3 rings (SSSR count). The molecular formula is C24H49N2+. The maximum absolute atomic E-state index is 2.66. The lowest BCUT2D eigenvalue weighted by atomic mass is 10.0. The number of nitrogens with zero attached hydrogens (tertiary/aromatic N) is 2. The average Bonchev–Trinajstić information content (AvgIpc) is 2.69. The molecule has 0 unspecified atom stereocenters. The Morgan fingerprint density at radius 1 is 0.500 bits per heavy atom. The van der Waals surface area contributed by atoms with Crippen LogP contribution in [0.15, 0.2) is 0 Å². The largest absolute Gasteiger partial charge is 0.320 e. The van der Waals surface area contributed by atoms with Gasteiger partial charge in [0.05, 0.1) is 26.2 Å². The first kappa shape index (κ1) is 22.2. The van der Waals surface area contributed by atoms with Crippen molar-refractivity contribution in [2.24, 2.45) is 0 Å². The van der Waals surface area contributed by atoms with Crippen molar-refractivity contribution >= 4 is 0 Å². The molecule has 0 spiro atoms. The highest BCUT2D eigenvalue weighted by Crippen LogP contribution is 2.21. The summed E-state index contributed by atoms with van der Waals surface area (Å²) in [4.78, 5) is 2.66. The molecule has 0 aromatic heterocycles. The molecule has 2 nitrogen and oxygen atoms in total. The number of fused-ring (bicyclic) bond motifs is 3. The second-order valence-corrected chi connectivity index (χ2v) is 9.38. The van der Waals surface area contributed by atoms with E-state index in [1.54, 1.807) is 0 Å². The molecule has 3 fully saturated rings. The Morgan fingerprint density at radius 2 is 0.846 bits per heavy atom. The minimum atomic E-state index is 1.37. The molecule has 0 aromatic rings. The van der Waals surface area contributed by atoms with Gasteiger partial charge in [0.2, 0.25) is 0 Å². The standard InChI is InChI=1S/C24H49N2/c1-2-3-4-5-6-7-8-9-10-11-12-13-14-15-16-17-21-26-22-18-25(19-23-26)20-24-26/h2-24H2,1H3/q+1. The summed E-state index contributed by atoms with van der Waals surface area (Å²) in [6.07, 6.45) is 23.6. The summed E-state index contributed by atoms with van der Waals surface area (Å²) in [6.45, 7) is 12.2. The highest BCUT2D eigenvalue weighted by atomic mass is 15.4. The Balaban J connectivity index is 1.27. The first-order valence-electron chi connectivity index (χ1n) is 12.4. The molecule has 0 N–H and O–H groups in total. The van der Waals surface area contributed by atoms with Crippen molar-refractivity contribution in [2.75, 3.05) is 45.8 Å². The van der Waals surface area contributed by atoms with Crippen LogP contribution in [-0.4, -0.2) is 55.2 Å². The molecule has 154 valence electrons. The van der Waals surface area contributed by atoms with Crippen molar-refractivity contribution in [1.82, 2.24) is 4.90 Å². The predicted octanol–water partition coefficient (Wildman–Crippen LogP) is 6.39. The summed E-state index contributed by atoms with van der Waals surface area (Å²) in [5.41, 5.74) is 0. The maximum atomic E-state index is 2.66. The van der Waals surface area contributed by atoms with E-state index in [0.29, 0.717) is 0 Å². The lowest BCUT2D eigenvalue weighted by Crippen LogP contribution is -2.67. The third kappa shape index (κ3) is 9.22. The molecule has 0 aliphatic carbocycles. The van der Waals surface area contributed by atoms with Crippen molar-refractivity contribution in [3.8, 4) is 0 Å². The van der Waals surface area contributed by atoms with Gasteiger partial charge < -0.3 is 4.48 Å². The van der Waals surface area contributed by atoms with Crippen LogP contribution in [-0.2, 0) is 0 Å². The number of hydrogen-bond donors (Lipinski definition) is 0. The molecule has 2 bridgehead atoms. The van der Waals surface area contributed by atoms with E-state index in [2.05, 4.69) is 11.8 Å². The molecule has 3 saturated heterocycles. The summed E-state index contributed by atoms with van der Waals surface area (Å²) in [5.74, 6) is 0. The fraction of sp³-hybridized carbons (Fsp3) is 1.00. The van der Waals surface area contributed by atoms with Gasteiger partial charge in [-0.1, -0.05) is 96.8 Å². The highest BCUT2D eigenvalue weighted by molar-refractivity contribution is 4.70. The molecule has 3 aliphatic rings. The molecule has 3 aliphatic heterocycles. The van der Waals surface area contributed by atoms with Crippen LogP contribution in [0.1, 0.15) is 110 Å². The van der Waals surface area contributed by atoms with Crippen LogP contribution in [0.2, 0.25) is 0 Å². The monoisotopic (exact) mass is 365 g/mol. The van der Waals surface area contributed by atoms with Gasteiger partial charge in [0.1, 0.15) is 0 Å². The van der Waals surface area contributed by atoms with Gasteiger partial charge in [-0.2, -0.15) is 0 Å². The lowest BCUT2D eigenvalue weighted by Gasteiger charge is -2.50. The third-order valence-corrected chi connectivity index (χ3v) is 7.16. The van der Waals surface area contributed by atoms with E-state index in [1.807, 2.05) is 0 Å². The van der Waals surface area contributed by atoms with Crippen LogP contribution in [0.3, 0.4) is 0 Å². The second kappa shape index (κ2) is 14.0. The van der Waals surface area contributed by atoms with E-state index in [0.717, 1.165) is 0 Å². The van der Waals surface area contributed by atoms with E-state index in [9.17, 15) is 0 Å². The van der Waals surface area contributed by atoms with Gasteiger partial charge in [0, 0.05) is 19.6 Å². The van der Waals surface area contributed by atoms with Crippen molar-refractivity contribution in [3.05, 3.63) is 0 Å². The second-order valence-electron chi connectivity index (χ2n) is 9.38. The number of unbranched alkanes of at least 4 members (excludes halogenated alkanes) is 15. The Labute approximate surface area is 165 Å². The fourth-order valence-electron chi connectivity index (χ4n) is 5.06. The number of rotatable bonds is 17. The first-order chi connectivity index (χ1) is 12.8. The molecule has 0 radical (unpaired) electrons. The minimum Gasteiger partial charge on any atom is -0.320 e. The van der Waals surface area contributed by atoms with Crippen molar-refractivity contribution in [1.29, 1.82) is 0 Å². The average molecular weight is 366 g/mol. The van der Waals surface area contributed by atoms with Crippen molar-refractivity contribution in [3.63, 3.8) is 0 Å². The number of piperazine rings is 3. The van der Waals surface area contributed by atoms with E-state index in [1.165, 1.54) is 153 Å². The number of quaternary nitrogens is 1. The van der Waals surface area contributed by atoms with Gasteiger partial charge in [-0.3, -0.25) is 4.90 Å². The first-order valence-corrected chi connectivity index (χ1v) is 12.4. The Bertz CT molecular complexity index is 306. The highest BCUT2D eigenvalue weighted by Gasteiger charge is 2.37. The van der Waals surface area contributed by atoms with Gasteiger partial charge in [0.25, 0.3) is 0 Å². The number of hydrogen-bond acceptors (Lipinski definition) is 1. The van der Waals surface area contributed by atoms with E-state index in [4.69, 9.17) is 0 Å². The van der Waals surface area contributed by atoms with Crippen molar-refractivity contribution < 1.29 is 4.48 Å². The van der Waals surface area contributed by atoms with Gasteiger partial charge >= 0.3 is 0 Å². The van der Waals surface area contributed by atoms with Gasteiger partial charge in [-0.15, -0.1) is 0 Å². The molecular weight excluding hydrogens is 316 g/mol. The minimum absolute atomic E-state index is 1.37. The van der Waals surface area contributed by atoms with E-state index < -0.39 is 0 Å². The zero-order valence-electron chi connectivity index (χ0n) is 18.2. The summed E-state index contributed by atoms with van der Waals surface area (Å²) in [6, 6.07) is 0. The SMILES string of the molecule is CCCCCCCCCCCCCCCCCC[N+]12CCN(CC1)CC2. The summed E-state index contributed by atoms with van der Waals surface area (Å²) < 4.78 is 1.47. The topological polar surface area (TPSA) is 3.24 Å². The normalized spacial score (nSPS) is 25.0. The fourth-order valence-corrected chi connectivity index (χ4v) is 5.06. The molecule has 3 heterocycles. The van der Waals surface area contributed by atoms with Crippen LogP contribution in [0.4, 0.5) is 0 Å². The van der Waals surface area contributed by atoms with Gasteiger partial charge in [0.15, 0.2) is 0 Å². The van der Waals surface area contributed by atoms with E-state index in [-0.39, 0.29) is 0 Å². The van der Waals surface area contributed by atoms with Crippen LogP contribution >= 0.6 is 0 Å². The summed E-state index contributed by atoms with van der Waals surface area (Å²) in [7, 11) is 0.